The lowest BCUT2D eigenvalue weighted by Crippen LogP contribution is -2.38. The average Bonchev–Trinajstić information content (AvgIpc) is 3.20. The van der Waals surface area contributed by atoms with E-state index in [0.29, 0.717) is 59.8 Å². The summed E-state index contributed by atoms with van der Waals surface area (Å²) in [5, 5.41) is 15.8. The molecule has 35 heavy (non-hydrogen) atoms. The normalized spacial score (nSPS) is 20.1. The van der Waals surface area contributed by atoms with Gasteiger partial charge in [0, 0.05) is 34.2 Å². The van der Waals surface area contributed by atoms with Gasteiger partial charge in [-0.25, -0.2) is 9.37 Å². The summed E-state index contributed by atoms with van der Waals surface area (Å²) in [6.45, 7) is 10.7. The van der Waals surface area contributed by atoms with E-state index >= 15 is 4.39 Å². The molecule has 0 saturated carbocycles. The number of rotatable bonds is 3. The van der Waals surface area contributed by atoms with E-state index in [0.717, 1.165) is 28.6 Å². The van der Waals surface area contributed by atoms with Gasteiger partial charge in [0.25, 0.3) is 5.56 Å². The molecule has 1 atom stereocenters. The van der Waals surface area contributed by atoms with Gasteiger partial charge in [-0.15, -0.1) is 0 Å². The van der Waals surface area contributed by atoms with E-state index in [-0.39, 0.29) is 24.0 Å². The summed E-state index contributed by atoms with van der Waals surface area (Å²) in [5.41, 5.74) is 3.56. The van der Waals surface area contributed by atoms with Crippen LogP contribution in [0.2, 0.25) is 0 Å². The lowest BCUT2D eigenvalue weighted by molar-refractivity contribution is -0.0172. The van der Waals surface area contributed by atoms with Crippen LogP contribution in [-0.2, 0) is 29.9 Å². The third kappa shape index (κ3) is 2.99. The van der Waals surface area contributed by atoms with Crippen LogP contribution in [0, 0.1) is 5.82 Å². The van der Waals surface area contributed by atoms with Gasteiger partial charge in [-0.3, -0.25) is 4.79 Å². The van der Waals surface area contributed by atoms with Crippen molar-refractivity contribution in [1.29, 1.82) is 0 Å². The topological polar surface area (TPSA) is 85.6 Å². The Bertz CT molecular complexity index is 1490. The van der Waals surface area contributed by atoms with E-state index in [1.165, 1.54) is 6.07 Å². The van der Waals surface area contributed by atoms with Crippen molar-refractivity contribution in [2.24, 2.45) is 0 Å². The molecule has 2 N–H and O–H groups in total. The highest BCUT2D eigenvalue weighted by molar-refractivity contribution is 6.00. The molecule has 7 nitrogen and oxygen atoms in total. The van der Waals surface area contributed by atoms with Gasteiger partial charge in [0.2, 0.25) is 0 Å². The van der Waals surface area contributed by atoms with Gasteiger partial charge in [0.15, 0.2) is 11.6 Å². The van der Waals surface area contributed by atoms with Crippen molar-refractivity contribution >= 4 is 16.6 Å². The van der Waals surface area contributed by atoms with E-state index in [4.69, 9.17) is 14.5 Å². The number of nitrogens with one attached hydrogen (secondary N) is 1. The zero-order valence-corrected chi connectivity index (χ0v) is 20.1. The van der Waals surface area contributed by atoms with Crippen molar-refractivity contribution in [1.82, 2.24) is 9.55 Å². The molecule has 1 aromatic carbocycles. The van der Waals surface area contributed by atoms with Crippen LogP contribution in [0.4, 0.5) is 10.1 Å². The average molecular weight is 478 g/mol. The van der Waals surface area contributed by atoms with Gasteiger partial charge >= 0.3 is 0 Å². The second-order valence-electron chi connectivity index (χ2n) is 9.86. The number of hydrogen-bond acceptors (Lipinski definition) is 6. The van der Waals surface area contributed by atoms with Crippen LogP contribution in [0.1, 0.15) is 55.9 Å². The highest BCUT2D eigenvalue weighted by Gasteiger charge is 2.42. The van der Waals surface area contributed by atoms with Crippen LogP contribution in [0.3, 0.4) is 0 Å². The summed E-state index contributed by atoms with van der Waals surface area (Å²) in [6.07, 6.45) is 1.81. The zero-order chi connectivity index (χ0) is 24.6. The molecule has 0 fully saturated rings. The number of nitrogens with zero attached hydrogens (tertiary/aromatic N) is 2. The van der Waals surface area contributed by atoms with E-state index in [1.807, 2.05) is 26.8 Å². The lowest BCUT2D eigenvalue weighted by atomic mass is 9.84. The lowest BCUT2D eigenvalue weighted by Gasteiger charge is -2.35. The van der Waals surface area contributed by atoms with Gasteiger partial charge in [-0.1, -0.05) is 13.5 Å². The first-order valence-electron chi connectivity index (χ1n) is 12.1. The van der Waals surface area contributed by atoms with Crippen LogP contribution >= 0.6 is 0 Å². The van der Waals surface area contributed by atoms with E-state index < -0.39 is 11.4 Å². The summed E-state index contributed by atoms with van der Waals surface area (Å²) in [4.78, 5) is 18.5. The van der Waals surface area contributed by atoms with Crippen molar-refractivity contribution in [3.63, 3.8) is 0 Å². The van der Waals surface area contributed by atoms with Crippen LogP contribution in [-0.4, -0.2) is 27.3 Å². The van der Waals surface area contributed by atoms with Crippen molar-refractivity contribution in [3.8, 4) is 17.1 Å². The number of aliphatic hydroxyl groups is 1. The molecule has 3 aliphatic rings. The second kappa shape index (κ2) is 7.55. The Labute approximate surface area is 202 Å². The molecule has 3 aromatic rings. The zero-order valence-electron chi connectivity index (χ0n) is 20.1. The van der Waals surface area contributed by atoms with Gasteiger partial charge in [0.1, 0.15) is 18.0 Å². The fourth-order valence-electron chi connectivity index (χ4n) is 5.65. The molecule has 0 unspecified atom stereocenters. The van der Waals surface area contributed by atoms with Crippen molar-refractivity contribution < 1.29 is 19.0 Å². The van der Waals surface area contributed by atoms with Gasteiger partial charge < -0.3 is 24.5 Å². The maximum absolute atomic E-state index is 15.0. The molecule has 0 spiro atoms. The summed E-state index contributed by atoms with van der Waals surface area (Å²) in [5.74, 6) is 0.103. The number of benzene rings is 1. The molecule has 0 bridgehead atoms. The number of ether oxygens (including phenoxy) is 2. The standard InChI is InChI=1S/C27H28FN3O4/c1-5-27(33)14(4)35-12-17-18(27)9-21-23-16(11-31(21)26(17)32)24(29-13(2)3)22-15-7-6-8-34-25(15)19(28)10-20(22)30-23/h9-10,13,33H,4-8,11-12H2,1-3H3,(H,29,30)/t27-/m1/s1. The molecule has 0 amide bonds. The van der Waals surface area contributed by atoms with Crippen molar-refractivity contribution in [3.05, 3.63) is 62.9 Å². The first-order chi connectivity index (χ1) is 16.7. The molecule has 0 aliphatic carbocycles. The molecule has 0 saturated heterocycles. The maximum Gasteiger partial charge on any atom is 0.258 e. The number of aromatic nitrogens is 2. The Morgan fingerprint density at radius 3 is 2.83 bits per heavy atom. The minimum Gasteiger partial charge on any atom is -0.490 e. The van der Waals surface area contributed by atoms with Crippen molar-refractivity contribution in [2.75, 3.05) is 11.9 Å². The Balaban J connectivity index is 1.67. The fourth-order valence-corrected chi connectivity index (χ4v) is 5.65. The molecule has 3 aliphatic heterocycles. The quantitative estimate of drug-likeness (QED) is 0.456. The van der Waals surface area contributed by atoms with Crippen LogP contribution in [0.15, 0.2) is 29.3 Å². The number of aryl methyl sites for hydroxylation is 1. The molecule has 5 heterocycles. The first-order valence-corrected chi connectivity index (χ1v) is 12.1. The number of pyridine rings is 2. The second-order valence-corrected chi connectivity index (χ2v) is 9.86. The van der Waals surface area contributed by atoms with Crippen molar-refractivity contribution in [2.45, 2.75) is 64.8 Å². The highest BCUT2D eigenvalue weighted by Crippen LogP contribution is 2.46. The fraction of sp³-hybridized carbons (Fsp3) is 0.407. The van der Waals surface area contributed by atoms with Gasteiger partial charge in [0.05, 0.1) is 41.3 Å². The Morgan fingerprint density at radius 1 is 1.29 bits per heavy atom. The number of anilines is 1. The number of fused-ring (bicyclic) bond motifs is 7. The minimum absolute atomic E-state index is 0.0640. The van der Waals surface area contributed by atoms with E-state index in [1.54, 1.807) is 4.57 Å². The smallest absolute Gasteiger partial charge is 0.258 e. The van der Waals surface area contributed by atoms with Gasteiger partial charge in [-0.05, 0) is 39.2 Å². The Morgan fingerprint density at radius 2 is 2.09 bits per heavy atom. The van der Waals surface area contributed by atoms with Gasteiger partial charge in [-0.2, -0.15) is 0 Å². The van der Waals surface area contributed by atoms with E-state index in [9.17, 15) is 9.90 Å². The van der Waals surface area contributed by atoms with Crippen LogP contribution in [0.25, 0.3) is 22.3 Å². The monoisotopic (exact) mass is 477 g/mol. The van der Waals surface area contributed by atoms with E-state index in [2.05, 4.69) is 11.9 Å². The predicted molar refractivity (Wildman–Crippen MR) is 131 cm³/mol. The predicted octanol–water partition coefficient (Wildman–Crippen LogP) is 4.35. The maximum atomic E-state index is 15.0. The third-order valence-corrected chi connectivity index (χ3v) is 7.40. The van der Waals surface area contributed by atoms with Crippen LogP contribution in [0.5, 0.6) is 5.75 Å². The molecular weight excluding hydrogens is 449 g/mol. The Hall–Kier alpha value is -3.39. The molecule has 182 valence electrons. The molecule has 8 heteroatoms. The SMILES string of the molecule is C=C1OCc2c(cc3n(c2=O)Cc2c-3nc3cc(F)c4c(c3c2NC(C)C)CCCO4)[C@@]1(O)CC. The largest absolute Gasteiger partial charge is 0.490 e. The summed E-state index contributed by atoms with van der Waals surface area (Å²) in [6, 6.07) is 3.35. The minimum atomic E-state index is -1.45. The highest BCUT2D eigenvalue weighted by atomic mass is 19.1. The summed E-state index contributed by atoms with van der Waals surface area (Å²) >= 11 is 0. The Kier molecular flexibility index (Phi) is 4.77. The first kappa shape index (κ1) is 22.1. The molecule has 6 rings (SSSR count). The number of halogens is 1. The molecule has 0 radical (unpaired) electrons. The summed E-state index contributed by atoms with van der Waals surface area (Å²) < 4.78 is 28.0. The molecule has 2 aromatic heterocycles. The third-order valence-electron chi connectivity index (χ3n) is 7.40. The number of hydrogen-bond donors (Lipinski definition) is 2. The van der Waals surface area contributed by atoms with Crippen LogP contribution < -0.4 is 15.6 Å². The summed E-state index contributed by atoms with van der Waals surface area (Å²) in [7, 11) is 0. The molecular formula is C27H28FN3O4.